The van der Waals surface area contributed by atoms with Gasteiger partial charge in [0.05, 0.1) is 6.04 Å². The summed E-state index contributed by atoms with van der Waals surface area (Å²) in [5.74, 6) is 0.639. The number of rotatable bonds is 3. The summed E-state index contributed by atoms with van der Waals surface area (Å²) in [4.78, 5) is 6.70. The highest BCUT2D eigenvalue weighted by atomic mass is 79.9. The summed E-state index contributed by atoms with van der Waals surface area (Å²) in [6.45, 7) is 5.86. The van der Waals surface area contributed by atoms with E-state index in [-0.39, 0.29) is 11.9 Å². The van der Waals surface area contributed by atoms with E-state index in [9.17, 15) is 4.39 Å². The maximum absolute atomic E-state index is 13.4. The van der Waals surface area contributed by atoms with Crippen molar-refractivity contribution in [2.75, 3.05) is 26.2 Å². The van der Waals surface area contributed by atoms with Crippen LogP contribution in [-0.2, 0) is 0 Å². The van der Waals surface area contributed by atoms with Gasteiger partial charge in [0.1, 0.15) is 5.82 Å². The van der Waals surface area contributed by atoms with Crippen molar-refractivity contribution in [1.82, 2.24) is 20.4 Å². The Balaban J connectivity index is 1.82. The largest absolute Gasteiger partial charge is 0.337 e. The molecule has 0 radical (unpaired) electrons. The minimum atomic E-state index is -0.333. The lowest BCUT2D eigenvalue weighted by molar-refractivity contribution is 0.154. The smallest absolute Gasteiger partial charge is 0.244 e. The molecule has 1 aliphatic heterocycles. The summed E-state index contributed by atoms with van der Waals surface area (Å²) in [5, 5.41) is 7.28. The minimum Gasteiger partial charge on any atom is -0.337 e. The average molecular weight is 355 g/mol. The fraction of sp³-hybridized carbons (Fsp3) is 0.429. The van der Waals surface area contributed by atoms with Gasteiger partial charge in [0, 0.05) is 36.2 Å². The molecular formula is C14H16BrFN4O. The molecule has 1 fully saturated rings. The summed E-state index contributed by atoms with van der Waals surface area (Å²) < 4.78 is 19.4. The minimum absolute atomic E-state index is 0.0605. The van der Waals surface area contributed by atoms with Gasteiger partial charge in [-0.2, -0.15) is 4.98 Å². The molecule has 1 saturated heterocycles. The maximum atomic E-state index is 13.4. The van der Waals surface area contributed by atoms with Crippen molar-refractivity contribution in [3.63, 3.8) is 0 Å². The number of aromatic nitrogens is 2. The van der Waals surface area contributed by atoms with E-state index in [1.165, 1.54) is 12.1 Å². The van der Waals surface area contributed by atoms with E-state index >= 15 is 0 Å². The first kappa shape index (κ1) is 14.6. The Morgan fingerprint density at radius 2 is 2.10 bits per heavy atom. The Hall–Kier alpha value is -1.31. The molecule has 2 aromatic rings. The van der Waals surface area contributed by atoms with Crippen LogP contribution >= 0.6 is 15.9 Å². The second-order valence-electron chi connectivity index (χ2n) is 5.08. The molecule has 1 aliphatic rings. The molecular weight excluding hydrogens is 339 g/mol. The third-order valence-corrected chi connectivity index (χ3v) is 4.08. The highest BCUT2D eigenvalue weighted by molar-refractivity contribution is 9.10. The van der Waals surface area contributed by atoms with Crippen LogP contribution in [0.1, 0.15) is 18.9 Å². The fourth-order valence-electron chi connectivity index (χ4n) is 2.43. The van der Waals surface area contributed by atoms with Crippen molar-refractivity contribution in [2.24, 2.45) is 0 Å². The average Bonchev–Trinajstić information content (AvgIpc) is 2.96. The molecule has 5 nitrogen and oxygen atoms in total. The topological polar surface area (TPSA) is 54.2 Å². The standard InChI is InChI=1S/C14H16BrFN4O/c1-9(20-4-2-17-3-5-20)14-18-13(19-21-14)10-6-11(15)8-12(16)7-10/h6-9,17H,2-5H2,1H3. The molecule has 0 spiro atoms. The maximum Gasteiger partial charge on any atom is 0.244 e. The van der Waals surface area contributed by atoms with Crippen LogP contribution in [0, 0.1) is 5.82 Å². The molecule has 0 saturated carbocycles. The van der Waals surface area contributed by atoms with Crippen LogP contribution in [0.5, 0.6) is 0 Å². The lowest BCUT2D eigenvalue weighted by atomic mass is 10.2. The number of hydrogen-bond acceptors (Lipinski definition) is 5. The van der Waals surface area contributed by atoms with Gasteiger partial charge in [-0.25, -0.2) is 4.39 Å². The summed E-state index contributed by atoms with van der Waals surface area (Å²) in [6, 6.07) is 4.63. The molecule has 7 heteroatoms. The van der Waals surface area contributed by atoms with Crippen LogP contribution in [0.15, 0.2) is 27.2 Å². The normalized spacial score (nSPS) is 17.9. The predicted molar refractivity (Wildman–Crippen MR) is 80.2 cm³/mol. The lowest BCUT2D eigenvalue weighted by Gasteiger charge is -2.30. The summed E-state index contributed by atoms with van der Waals surface area (Å²) in [5.41, 5.74) is 0.601. The van der Waals surface area contributed by atoms with Gasteiger partial charge in [0.25, 0.3) is 0 Å². The molecule has 0 aliphatic carbocycles. The van der Waals surface area contributed by atoms with Crippen molar-refractivity contribution in [1.29, 1.82) is 0 Å². The van der Waals surface area contributed by atoms with Crippen LogP contribution < -0.4 is 5.32 Å². The third-order valence-electron chi connectivity index (χ3n) is 3.62. The van der Waals surface area contributed by atoms with Crippen molar-refractivity contribution < 1.29 is 8.91 Å². The Morgan fingerprint density at radius 1 is 1.33 bits per heavy atom. The summed E-state index contributed by atoms with van der Waals surface area (Å²) >= 11 is 3.27. The molecule has 1 unspecified atom stereocenters. The van der Waals surface area contributed by atoms with Crippen LogP contribution in [0.4, 0.5) is 4.39 Å². The number of benzene rings is 1. The number of piperazine rings is 1. The SMILES string of the molecule is CC(c1nc(-c2cc(F)cc(Br)c2)no1)N1CCNCC1. The van der Waals surface area contributed by atoms with Crippen LogP contribution in [-0.4, -0.2) is 41.2 Å². The van der Waals surface area contributed by atoms with Gasteiger partial charge < -0.3 is 9.84 Å². The molecule has 0 amide bonds. The van der Waals surface area contributed by atoms with Crippen LogP contribution in [0.3, 0.4) is 0 Å². The molecule has 112 valence electrons. The number of hydrogen-bond donors (Lipinski definition) is 1. The molecule has 1 aromatic carbocycles. The van der Waals surface area contributed by atoms with E-state index in [4.69, 9.17) is 4.52 Å². The Labute approximate surface area is 130 Å². The van der Waals surface area contributed by atoms with Gasteiger partial charge in [-0.05, 0) is 25.1 Å². The predicted octanol–water partition coefficient (Wildman–Crippen LogP) is 2.60. The van der Waals surface area contributed by atoms with Gasteiger partial charge >= 0.3 is 0 Å². The van der Waals surface area contributed by atoms with E-state index in [0.717, 1.165) is 26.2 Å². The van der Waals surface area contributed by atoms with E-state index in [0.29, 0.717) is 21.8 Å². The van der Waals surface area contributed by atoms with Crippen molar-refractivity contribution in [2.45, 2.75) is 13.0 Å². The van der Waals surface area contributed by atoms with Gasteiger partial charge in [-0.3, -0.25) is 4.90 Å². The van der Waals surface area contributed by atoms with Crippen molar-refractivity contribution in [3.05, 3.63) is 34.4 Å². The highest BCUT2D eigenvalue weighted by Gasteiger charge is 2.23. The summed E-state index contributed by atoms with van der Waals surface area (Å²) in [6.07, 6.45) is 0. The summed E-state index contributed by atoms with van der Waals surface area (Å²) in [7, 11) is 0. The first-order chi connectivity index (χ1) is 10.1. The zero-order valence-corrected chi connectivity index (χ0v) is 13.2. The third kappa shape index (κ3) is 3.30. The number of nitrogens with zero attached hydrogens (tertiary/aromatic N) is 3. The molecule has 1 N–H and O–H groups in total. The Bertz CT molecular complexity index is 607. The highest BCUT2D eigenvalue weighted by Crippen LogP contribution is 2.25. The lowest BCUT2D eigenvalue weighted by Crippen LogP contribution is -2.44. The van der Waals surface area contributed by atoms with E-state index in [1.807, 2.05) is 6.92 Å². The van der Waals surface area contributed by atoms with E-state index in [2.05, 4.69) is 36.3 Å². The van der Waals surface area contributed by atoms with Crippen LogP contribution in [0.25, 0.3) is 11.4 Å². The molecule has 21 heavy (non-hydrogen) atoms. The van der Waals surface area contributed by atoms with Gasteiger partial charge in [0.15, 0.2) is 0 Å². The van der Waals surface area contributed by atoms with Gasteiger partial charge in [-0.15, -0.1) is 0 Å². The second kappa shape index (κ2) is 6.21. The van der Waals surface area contributed by atoms with Crippen molar-refractivity contribution >= 4 is 15.9 Å². The molecule has 3 rings (SSSR count). The Kier molecular flexibility index (Phi) is 4.32. The monoisotopic (exact) mass is 354 g/mol. The first-order valence-electron chi connectivity index (χ1n) is 6.88. The number of nitrogens with one attached hydrogen (secondary N) is 1. The quantitative estimate of drug-likeness (QED) is 0.917. The van der Waals surface area contributed by atoms with Crippen LogP contribution in [0.2, 0.25) is 0 Å². The zero-order valence-electron chi connectivity index (χ0n) is 11.6. The Morgan fingerprint density at radius 3 is 2.81 bits per heavy atom. The van der Waals surface area contributed by atoms with Gasteiger partial charge in [-0.1, -0.05) is 21.1 Å². The zero-order chi connectivity index (χ0) is 14.8. The molecule has 1 atom stereocenters. The molecule has 0 bridgehead atoms. The fourth-order valence-corrected chi connectivity index (χ4v) is 2.90. The second-order valence-corrected chi connectivity index (χ2v) is 5.99. The van der Waals surface area contributed by atoms with Gasteiger partial charge in [0.2, 0.25) is 11.7 Å². The van der Waals surface area contributed by atoms with E-state index in [1.54, 1.807) is 6.07 Å². The van der Waals surface area contributed by atoms with Crippen molar-refractivity contribution in [3.8, 4) is 11.4 Å². The van der Waals surface area contributed by atoms with E-state index < -0.39 is 0 Å². The number of halogens is 2. The molecule has 1 aromatic heterocycles. The molecule has 2 heterocycles. The first-order valence-corrected chi connectivity index (χ1v) is 7.67.